The van der Waals surface area contributed by atoms with Crippen molar-refractivity contribution >= 4 is 10.0 Å². The molecule has 1 unspecified atom stereocenters. The Morgan fingerprint density at radius 3 is 1.85 bits per heavy atom. The summed E-state index contributed by atoms with van der Waals surface area (Å²) in [5.41, 5.74) is 4.67. The van der Waals surface area contributed by atoms with Gasteiger partial charge < -0.3 is 29.0 Å². The zero-order valence-corrected chi connectivity index (χ0v) is 30.5. The summed E-state index contributed by atoms with van der Waals surface area (Å²) in [5.74, 6) is 2.50. The predicted octanol–water partition coefficient (Wildman–Crippen LogP) is 4.92. The van der Waals surface area contributed by atoms with E-state index in [9.17, 15) is 8.42 Å². The van der Waals surface area contributed by atoms with E-state index in [2.05, 4.69) is 68.7 Å². The van der Waals surface area contributed by atoms with Crippen LogP contribution in [0.15, 0.2) is 85.2 Å². The molecule has 4 aromatic rings. The summed E-state index contributed by atoms with van der Waals surface area (Å²) in [5, 5.41) is 3.53. The molecule has 8 rings (SSSR count). The molecule has 0 saturated carbocycles. The van der Waals surface area contributed by atoms with Crippen LogP contribution >= 0.6 is 0 Å². The van der Waals surface area contributed by atoms with Crippen LogP contribution in [0.25, 0.3) is 0 Å². The van der Waals surface area contributed by atoms with Crippen molar-refractivity contribution < 1.29 is 32.1 Å². The lowest BCUT2D eigenvalue weighted by atomic mass is 10.0. The Morgan fingerprint density at radius 2 is 1.33 bits per heavy atom. The van der Waals surface area contributed by atoms with Gasteiger partial charge in [-0.05, 0) is 65.8 Å². The highest BCUT2D eigenvalue weighted by Gasteiger charge is 2.27. The van der Waals surface area contributed by atoms with Crippen molar-refractivity contribution in [1.29, 1.82) is 0 Å². The van der Waals surface area contributed by atoms with E-state index in [0.717, 1.165) is 56.6 Å². The monoisotopic (exact) mass is 729 g/mol. The fourth-order valence-electron chi connectivity index (χ4n) is 6.88. The van der Waals surface area contributed by atoms with Crippen LogP contribution in [0.4, 0.5) is 0 Å². The van der Waals surface area contributed by atoms with Crippen LogP contribution in [0.1, 0.15) is 53.7 Å². The lowest BCUT2D eigenvalue weighted by Gasteiger charge is -2.30. The van der Waals surface area contributed by atoms with Gasteiger partial charge >= 0.3 is 0 Å². The maximum atomic E-state index is 11.6. The van der Waals surface area contributed by atoms with E-state index in [4.69, 9.17) is 23.7 Å². The number of nitrogens with zero attached hydrogens (tertiary/aromatic N) is 4. The van der Waals surface area contributed by atoms with Crippen LogP contribution in [0.2, 0.25) is 0 Å². The Labute approximate surface area is 306 Å². The number of piperidine rings is 1. The largest absolute Gasteiger partial charge is 0.484 e. The molecule has 52 heavy (non-hydrogen) atoms. The number of fused-ring (bicyclic) bond motifs is 2. The fraction of sp³-hybridized carbons (Fsp3) is 0.436. The summed E-state index contributed by atoms with van der Waals surface area (Å²) in [6, 6.07) is 24.7. The summed E-state index contributed by atoms with van der Waals surface area (Å²) in [4.78, 5) is 10.9. The maximum Gasteiger partial charge on any atom is 0.257 e. The number of methoxy groups -OCH3 is 1. The van der Waals surface area contributed by atoms with Gasteiger partial charge in [0.05, 0.1) is 12.4 Å². The summed E-state index contributed by atoms with van der Waals surface area (Å²) < 4.78 is 53.5. The fourth-order valence-corrected chi connectivity index (χ4v) is 7.75. The van der Waals surface area contributed by atoms with Crippen LogP contribution in [0, 0.1) is 0 Å². The minimum absolute atomic E-state index is 0.105. The van der Waals surface area contributed by atoms with Crippen molar-refractivity contribution in [1.82, 2.24) is 24.5 Å². The molecule has 4 aliphatic heterocycles. The predicted molar refractivity (Wildman–Crippen MR) is 196 cm³/mol. The molecule has 4 aliphatic rings. The molecule has 0 aliphatic carbocycles. The number of sulfonamides is 1. The molecule has 3 atom stereocenters. The Hall–Kier alpha value is -4.27. The van der Waals surface area contributed by atoms with Gasteiger partial charge in [0.15, 0.2) is 23.7 Å². The molecule has 1 N–H and O–H groups in total. The summed E-state index contributed by atoms with van der Waals surface area (Å²) in [6.45, 7) is 5.99. The molecule has 2 saturated heterocycles. The van der Waals surface area contributed by atoms with Crippen molar-refractivity contribution in [3.8, 4) is 23.3 Å². The molecule has 0 amide bonds. The van der Waals surface area contributed by atoms with Gasteiger partial charge in [0.2, 0.25) is 10.0 Å². The van der Waals surface area contributed by atoms with Gasteiger partial charge in [-0.1, -0.05) is 48.5 Å². The molecule has 12 nitrogen and oxygen atoms in total. The van der Waals surface area contributed by atoms with Gasteiger partial charge in [-0.3, -0.25) is 4.90 Å². The van der Waals surface area contributed by atoms with Gasteiger partial charge in [-0.15, -0.1) is 0 Å². The third kappa shape index (κ3) is 9.20. The first kappa shape index (κ1) is 36.1. The van der Waals surface area contributed by atoms with E-state index >= 15 is 0 Å². The molecular formula is C39H47N5O7S. The topological polar surface area (TPSA) is 125 Å². The van der Waals surface area contributed by atoms with Gasteiger partial charge in [0.1, 0.15) is 13.2 Å². The molecule has 276 valence electrons. The summed E-state index contributed by atoms with van der Waals surface area (Å²) >= 11 is 0. The van der Waals surface area contributed by atoms with Gasteiger partial charge in [0.25, 0.3) is 11.8 Å². The Bertz CT molecular complexity index is 1870. The van der Waals surface area contributed by atoms with E-state index in [0.29, 0.717) is 61.7 Å². The smallest absolute Gasteiger partial charge is 0.257 e. The van der Waals surface area contributed by atoms with Gasteiger partial charge in [-0.2, -0.15) is 0 Å². The molecule has 0 radical (unpaired) electrons. The number of pyridine rings is 2. The van der Waals surface area contributed by atoms with Crippen LogP contribution in [-0.2, 0) is 27.8 Å². The molecule has 2 aromatic carbocycles. The molecule has 2 fully saturated rings. The van der Waals surface area contributed by atoms with Crippen molar-refractivity contribution in [2.45, 2.75) is 56.7 Å². The number of benzene rings is 2. The average molecular weight is 730 g/mol. The van der Waals surface area contributed by atoms with Crippen molar-refractivity contribution in [2.24, 2.45) is 0 Å². The Balaban J connectivity index is 0.000000164. The van der Waals surface area contributed by atoms with E-state index in [-0.39, 0.29) is 12.2 Å². The number of likely N-dealkylation sites (tertiary alicyclic amines) is 1. The molecule has 0 bridgehead atoms. The number of aromatic nitrogens is 2. The maximum absolute atomic E-state index is 11.6. The van der Waals surface area contributed by atoms with Crippen molar-refractivity contribution in [2.75, 3.05) is 52.8 Å². The van der Waals surface area contributed by atoms with Crippen LogP contribution in [-0.4, -0.2) is 92.5 Å². The van der Waals surface area contributed by atoms with E-state index in [1.165, 1.54) is 17.4 Å². The van der Waals surface area contributed by atoms with E-state index < -0.39 is 10.0 Å². The molecule has 13 heteroatoms. The number of nitrogens with one attached hydrogen (secondary N) is 1. The van der Waals surface area contributed by atoms with Gasteiger partial charge in [-0.25, -0.2) is 22.7 Å². The van der Waals surface area contributed by atoms with Crippen molar-refractivity contribution in [3.63, 3.8) is 0 Å². The first-order valence-electron chi connectivity index (χ1n) is 17.9. The second kappa shape index (κ2) is 16.6. The van der Waals surface area contributed by atoms with E-state index in [1.807, 2.05) is 24.3 Å². The highest BCUT2D eigenvalue weighted by Crippen LogP contribution is 2.35. The third-order valence-electron chi connectivity index (χ3n) is 9.95. The van der Waals surface area contributed by atoms with Crippen LogP contribution in [0.3, 0.4) is 0 Å². The minimum atomic E-state index is -3.07. The zero-order valence-electron chi connectivity index (χ0n) is 29.7. The first-order valence-corrected chi connectivity index (χ1v) is 19.8. The molecule has 2 aromatic heterocycles. The quantitative estimate of drug-likeness (QED) is 0.253. The van der Waals surface area contributed by atoms with E-state index in [1.54, 1.807) is 23.8 Å². The highest BCUT2D eigenvalue weighted by molar-refractivity contribution is 7.88. The SMILES string of the molecule is COC1CCN(Cc2ccc([C@H]3COc4cccnc4O3)cc2)C1.CS(=O)(=O)N1CCC(NCc2ccc([C@H]3COc4cccnc4O3)cc2)CC1. The third-order valence-corrected chi connectivity index (χ3v) is 11.3. The summed E-state index contributed by atoms with van der Waals surface area (Å²) in [6.07, 6.45) is 7.60. The molecule has 6 heterocycles. The minimum Gasteiger partial charge on any atom is -0.484 e. The molecule has 0 spiro atoms. The van der Waals surface area contributed by atoms with Gasteiger partial charge in [0, 0.05) is 64.8 Å². The van der Waals surface area contributed by atoms with Crippen LogP contribution in [0.5, 0.6) is 23.3 Å². The lowest BCUT2D eigenvalue weighted by molar-refractivity contribution is 0.0850. The molecular weight excluding hydrogens is 683 g/mol. The first-order chi connectivity index (χ1) is 25.3. The number of hydrogen-bond acceptors (Lipinski definition) is 11. The second-order valence-electron chi connectivity index (χ2n) is 13.6. The number of rotatable bonds is 9. The number of hydrogen-bond donors (Lipinski definition) is 1. The Kier molecular flexibility index (Phi) is 11.5. The standard InChI is InChI=1S/C20H25N3O4S.C19H22N2O3/c1-28(24,25)23-11-8-17(9-12-23)22-13-15-4-6-16(7-5-15)19-14-26-18-3-2-10-21-20(18)27-19;1-22-16-8-10-21(12-16)11-14-4-6-15(7-5-14)18-13-23-17-3-2-9-20-19(17)24-18/h2-7,10,17,19,22H,8-9,11-14H2,1H3;2-7,9,16,18H,8,10-13H2,1H3/t19-;16?,18-/m11/s1. The number of ether oxygens (including phenoxy) is 5. The zero-order chi connectivity index (χ0) is 35.9. The Morgan fingerprint density at radius 1 is 0.769 bits per heavy atom. The average Bonchev–Trinajstić information content (AvgIpc) is 3.65. The van der Waals surface area contributed by atoms with Crippen LogP contribution < -0.4 is 24.3 Å². The second-order valence-corrected chi connectivity index (χ2v) is 15.6. The normalized spacial score (nSPS) is 22.0. The highest BCUT2D eigenvalue weighted by atomic mass is 32.2. The summed E-state index contributed by atoms with van der Waals surface area (Å²) in [7, 11) is -1.28. The van der Waals surface area contributed by atoms with Crippen molar-refractivity contribution in [3.05, 3.63) is 107 Å². The lowest BCUT2D eigenvalue weighted by Crippen LogP contribution is -2.44.